The molecule has 0 radical (unpaired) electrons. The highest BCUT2D eigenvalue weighted by Gasteiger charge is 2.16. The minimum atomic E-state index is -0.963. The van der Waals surface area contributed by atoms with E-state index < -0.39 is 17.4 Å². The van der Waals surface area contributed by atoms with Gasteiger partial charge in [-0.1, -0.05) is 0 Å². The highest BCUT2D eigenvalue weighted by Crippen LogP contribution is 1.99. The van der Waals surface area contributed by atoms with E-state index in [-0.39, 0.29) is 0 Å². The Labute approximate surface area is 52.4 Å². The molecule has 0 saturated heterocycles. The van der Waals surface area contributed by atoms with Gasteiger partial charge in [-0.25, -0.2) is 0 Å². The molecule has 0 aromatic carbocycles. The Balaban J connectivity index is 3.64. The van der Waals surface area contributed by atoms with Gasteiger partial charge in [0, 0.05) is 0 Å². The van der Waals surface area contributed by atoms with Gasteiger partial charge in [-0.05, 0) is 6.92 Å². The van der Waals surface area contributed by atoms with E-state index in [2.05, 4.69) is 0 Å². The Morgan fingerprint density at radius 2 is 2.25 bits per heavy atom. The maximum absolute atomic E-state index is 10.1. The molecule has 4 heteroatoms. The lowest BCUT2D eigenvalue weighted by Crippen LogP contribution is -2.32. The van der Waals surface area contributed by atoms with Gasteiger partial charge in [0.1, 0.15) is 5.38 Å². The first-order chi connectivity index (χ1) is 3.55. The summed E-state index contributed by atoms with van der Waals surface area (Å²) in [6.07, 6.45) is -0.867. The number of carbonyl (C=O) groups is 1. The van der Waals surface area contributed by atoms with Crippen molar-refractivity contribution in [3.05, 3.63) is 0 Å². The van der Waals surface area contributed by atoms with Crippen LogP contribution in [0, 0.1) is 0 Å². The summed E-state index contributed by atoms with van der Waals surface area (Å²) in [5.74, 6) is -0.693. The number of alkyl halides is 1. The Bertz CT molecular complexity index is 94.0. The Kier molecular flexibility index (Phi) is 2.79. The molecule has 0 aromatic heterocycles. The molecular formula is C4H8ClNO2. The summed E-state index contributed by atoms with van der Waals surface area (Å²) in [5.41, 5.74) is 4.71. The first-order valence-electron chi connectivity index (χ1n) is 2.17. The third kappa shape index (κ3) is 2.14. The zero-order valence-corrected chi connectivity index (χ0v) is 5.22. The Morgan fingerprint density at radius 1 is 1.88 bits per heavy atom. The second-order valence-corrected chi connectivity index (χ2v) is 2.01. The van der Waals surface area contributed by atoms with Crippen molar-refractivity contribution >= 4 is 17.5 Å². The third-order valence-electron chi connectivity index (χ3n) is 0.695. The standard InChI is InChI=1S/C4H8ClNO2/c1-2(7)3(5)4(6)8/h2-3,7H,1H3,(H2,6,8)/t2-,3+/m0/s1. The molecule has 0 bridgehead atoms. The number of carbonyl (C=O) groups excluding carboxylic acids is 1. The lowest BCUT2D eigenvalue weighted by atomic mass is 10.3. The average Bonchev–Trinajstić information content (AvgIpc) is 1.64. The molecule has 0 fully saturated rings. The first-order valence-corrected chi connectivity index (χ1v) is 2.61. The number of aliphatic hydroxyl groups excluding tert-OH is 1. The van der Waals surface area contributed by atoms with Crippen LogP contribution in [-0.4, -0.2) is 22.5 Å². The molecule has 48 valence electrons. The molecule has 0 saturated carbocycles. The van der Waals surface area contributed by atoms with Crippen LogP contribution in [-0.2, 0) is 4.79 Å². The van der Waals surface area contributed by atoms with Crippen LogP contribution in [0.3, 0.4) is 0 Å². The molecule has 0 aliphatic rings. The molecule has 0 aromatic rings. The van der Waals surface area contributed by atoms with Crippen molar-refractivity contribution in [1.29, 1.82) is 0 Å². The van der Waals surface area contributed by atoms with Gasteiger partial charge in [0.05, 0.1) is 6.10 Å². The smallest absolute Gasteiger partial charge is 0.238 e. The number of primary amides is 1. The molecule has 0 rings (SSSR count). The number of hydrogen-bond acceptors (Lipinski definition) is 2. The van der Waals surface area contributed by atoms with Crippen LogP contribution in [0.15, 0.2) is 0 Å². The van der Waals surface area contributed by atoms with Gasteiger partial charge in [-0.15, -0.1) is 11.6 Å². The lowest BCUT2D eigenvalue weighted by Gasteiger charge is -2.05. The van der Waals surface area contributed by atoms with Crippen LogP contribution in [0.5, 0.6) is 0 Å². The predicted molar refractivity (Wildman–Crippen MR) is 30.5 cm³/mol. The number of amides is 1. The fraction of sp³-hybridized carbons (Fsp3) is 0.750. The van der Waals surface area contributed by atoms with Gasteiger partial charge in [0.25, 0.3) is 0 Å². The van der Waals surface area contributed by atoms with Crippen LogP contribution in [0.1, 0.15) is 6.92 Å². The topological polar surface area (TPSA) is 63.3 Å². The van der Waals surface area contributed by atoms with Crippen LogP contribution in [0.2, 0.25) is 0 Å². The normalized spacial score (nSPS) is 17.4. The molecule has 8 heavy (non-hydrogen) atoms. The van der Waals surface area contributed by atoms with E-state index in [0.717, 1.165) is 0 Å². The van der Waals surface area contributed by atoms with E-state index in [1.807, 2.05) is 0 Å². The van der Waals surface area contributed by atoms with Crippen molar-refractivity contribution in [1.82, 2.24) is 0 Å². The van der Waals surface area contributed by atoms with E-state index in [1.54, 1.807) is 0 Å². The quantitative estimate of drug-likeness (QED) is 0.502. The van der Waals surface area contributed by atoms with Crippen molar-refractivity contribution in [2.24, 2.45) is 5.73 Å². The second kappa shape index (κ2) is 2.89. The Morgan fingerprint density at radius 3 is 2.25 bits per heavy atom. The van der Waals surface area contributed by atoms with Gasteiger partial charge in [-0.3, -0.25) is 4.79 Å². The van der Waals surface area contributed by atoms with Crippen molar-refractivity contribution in [3.63, 3.8) is 0 Å². The van der Waals surface area contributed by atoms with E-state index in [0.29, 0.717) is 0 Å². The zero-order valence-electron chi connectivity index (χ0n) is 4.47. The van der Waals surface area contributed by atoms with Gasteiger partial charge in [0.2, 0.25) is 5.91 Å². The minimum Gasteiger partial charge on any atom is -0.391 e. The van der Waals surface area contributed by atoms with Gasteiger partial charge < -0.3 is 10.8 Å². The van der Waals surface area contributed by atoms with Gasteiger partial charge in [-0.2, -0.15) is 0 Å². The summed E-state index contributed by atoms with van der Waals surface area (Å²) >= 11 is 5.23. The maximum Gasteiger partial charge on any atom is 0.238 e. The van der Waals surface area contributed by atoms with Crippen molar-refractivity contribution in [3.8, 4) is 0 Å². The first kappa shape index (κ1) is 7.72. The lowest BCUT2D eigenvalue weighted by molar-refractivity contribution is -0.119. The molecule has 2 atom stereocenters. The van der Waals surface area contributed by atoms with Crippen molar-refractivity contribution in [2.75, 3.05) is 0 Å². The molecule has 3 N–H and O–H groups in total. The fourth-order valence-electron chi connectivity index (χ4n) is 0.238. The monoisotopic (exact) mass is 137 g/mol. The van der Waals surface area contributed by atoms with Crippen LogP contribution in [0.4, 0.5) is 0 Å². The highest BCUT2D eigenvalue weighted by atomic mass is 35.5. The molecule has 0 heterocycles. The molecule has 0 aliphatic carbocycles. The Hall–Kier alpha value is -0.280. The average molecular weight is 138 g/mol. The molecule has 0 unspecified atom stereocenters. The number of aliphatic hydroxyl groups is 1. The third-order valence-corrected chi connectivity index (χ3v) is 1.28. The van der Waals surface area contributed by atoms with Gasteiger partial charge >= 0.3 is 0 Å². The SMILES string of the molecule is C[C@H](O)[C@@H](Cl)C(N)=O. The summed E-state index contributed by atoms with van der Waals surface area (Å²) < 4.78 is 0. The largest absolute Gasteiger partial charge is 0.391 e. The summed E-state index contributed by atoms with van der Waals surface area (Å²) in [4.78, 5) is 10.1. The fourth-order valence-corrected chi connectivity index (χ4v) is 0.238. The number of hydrogen-bond donors (Lipinski definition) is 2. The van der Waals surface area contributed by atoms with E-state index >= 15 is 0 Å². The van der Waals surface area contributed by atoms with Crippen LogP contribution < -0.4 is 5.73 Å². The van der Waals surface area contributed by atoms with Crippen molar-refractivity contribution in [2.45, 2.75) is 18.4 Å². The maximum atomic E-state index is 10.1. The van der Waals surface area contributed by atoms with E-state index in [9.17, 15) is 4.79 Å². The summed E-state index contributed by atoms with van der Waals surface area (Å²) in [5, 5.41) is 7.60. The minimum absolute atomic E-state index is 0.693. The molecular weight excluding hydrogens is 130 g/mol. The number of rotatable bonds is 2. The van der Waals surface area contributed by atoms with Crippen LogP contribution >= 0.6 is 11.6 Å². The van der Waals surface area contributed by atoms with E-state index in [4.69, 9.17) is 22.4 Å². The van der Waals surface area contributed by atoms with E-state index in [1.165, 1.54) is 6.92 Å². The van der Waals surface area contributed by atoms with Gasteiger partial charge in [0.15, 0.2) is 0 Å². The number of halogens is 1. The molecule has 3 nitrogen and oxygen atoms in total. The van der Waals surface area contributed by atoms with Crippen LogP contribution in [0.25, 0.3) is 0 Å². The second-order valence-electron chi connectivity index (χ2n) is 1.54. The summed E-state index contributed by atoms with van der Waals surface area (Å²) in [6.45, 7) is 1.41. The summed E-state index contributed by atoms with van der Waals surface area (Å²) in [7, 11) is 0. The highest BCUT2D eigenvalue weighted by molar-refractivity contribution is 6.30. The summed E-state index contributed by atoms with van der Waals surface area (Å²) in [6, 6.07) is 0. The molecule has 1 amide bonds. The molecule has 0 spiro atoms. The van der Waals surface area contributed by atoms with Crippen molar-refractivity contribution < 1.29 is 9.90 Å². The zero-order chi connectivity index (χ0) is 6.73. The predicted octanol–water partition coefficient (Wildman–Crippen LogP) is -0.540. The number of nitrogens with two attached hydrogens (primary N) is 1. The molecule has 0 aliphatic heterocycles.